The molecule has 3 rings (SSSR count). The number of H-pyrrole nitrogens is 1. The summed E-state index contributed by atoms with van der Waals surface area (Å²) in [6.07, 6.45) is 1.86. The minimum Gasteiger partial charge on any atom is -0.399 e. The van der Waals surface area contributed by atoms with Gasteiger partial charge in [-0.25, -0.2) is 4.98 Å². The molecule has 0 amide bonds. The highest BCUT2D eigenvalue weighted by atomic mass is 15.1. The molecule has 0 saturated carbocycles. The maximum atomic E-state index is 5.74. The maximum Gasteiger partial charge on any atom is 0.201 e. The fraction of sp³-hybridized carbons (Fsp3) is 0.143. The van der Waals surface area contributed by atoms with E-state index in [1.807, 2.05) is 37.4 Å². The summed E-state index contributed by atoms with van der Waals surface area (Å²) in [7, 11) is 0. The molecule has 0 aliphatic rings. The second-order valence-corrected chi connectivity index (χ2v) is 4.52. The highest BCUT2D eigenvalue weighted by Crippen LogP contribution is 2.17. The zero-order chi connectivity index (χ0) is 13.2. The monoisotopic (exact) mass is 253 g/mol. The van der Waals surface area contributed by atoms with Crippen molar-refractivity contribution in [3.8, 4) is 0 Å². The molecule has 5 heteroatoms. The van der Waals surface area contributed by atoms with Crippen molar-refractivity contribution in [2.75, 3.05) is 11.1 Å². The fourth-order valence-corrected chi connectivity index (χ4v) is 1.90. The van der Waals surface area contributed by atoms with E-state index in [0.29, 0.717) is 6.54 Å². The summed E-state index contributed by atoms with van der Waals surface area (Å²) in [6, 6.07) is 9.67. The van der Waals surface area contributed by atoms with E-state index in [-0.39, 0.29) is 0 Å². The number of imidazole rings is 1. The van der Waals surface area contributed by atoms with Gasteiger partial charge in [0, 0.05) is 24.1 Å². The number of nitrogen functional groups attached to an aromatic ring is 1. The van der Waals surface area contributed by atoms with Crippen molar-refractivity contribution in [1.29, 1.82) is 0 Å². The first-order valence-corrected chi connectivity index (χ1v) is 6.11. The summed E-state index contributed by atoms with van der Waals surface area (Å²) in [6.45, 7) is 2.66. The zero-order valence-corrected chi connectivity index (χ0v) is 10.6. The minimum absolute atomic E-state index is 0.683. The van der Waals surface area contributed by atoms with Crippen LogP contribution < -0.4 is 11.1 Å². The molecular weight excluding hydrogens is 238 g/mol. The third-order valence-corrected chi connectivity index (χ3v) is 2.94. The van der Waals surface area contributed by atoms with Crippen LogP contribution in [-0.4, -0.2) is 15.0 Å². The SMILES string of the molecule is Cc1ccc(CNc2nc3ccc(N)cc3[nH]2)cn1. The lowest BCUT2D eigenvalue weighted by molar-refractivity contribution is 1.06. The maximum absolute atomic E-state index is 5.74. The first-order chi connectivity index (χ1) is 9.20. The average Bonchev–Trinajstić information content (AvgIpc) is 2.80. The Balaban J connectivity index is 1.76. The molecule has 19 heavy (non-hydrogen) atoms. The van der Waals surface area contributed by atoms with E-state index in [1.165, 1.54) is 0 Å². The van der Waals surface area contributed by atoms with Crippen LogP contribution in [-0.2, 0) is 6.54 Å². The number of fused-ring (bicyclic) bond motifs is 1. The Hall–Kier alpha value is -2.56. The molecule has 0 aliphatic heterocycles. The molecule has 4 N–H and O–H groups in total. The number of pyridine rings is 1. The van der Waals surface area contributed by atoms with Gasteiger partial charge in [-0.3, -0.25) is 4.98 Å². The standard InChI is InChI=1S/C14H15N5/c1-9-2-3-10(7-16-9)8-17-14-18-12-5-4-11(15)6-13(12)19-14/h2-7H,8,15H2,1H3,(H2,17,18,19). The lowest BCUT2D eigenvalue weighted by Gasteiger charge is -2.02. The molecule has 96 valence electrons. The van der Waals surface area contributed by atoms with E-state index in [9.17, 15) is 0 Å². The van der Waals surface area contributed by atoms with Gasteiger partial charge < -0.3 is 16.0 Å². The molecule has 5 nitrogen and oxygen atoms in total. The van der Waals surface area contributed by atoms with Gasteiger partial charge in [-0.1, -0.05) is 6.07 Å². The van der Waals surface area contributed by atoms with E-state index < -0.39 is 0 Å². The number of aryl methyl sites for hydroxylation is 1. The number of hydrogen-bond donors (Lipinski definition) is 3. The summed E-state index contributed by atoms with van der Waals surface area (Å²) in [5, 5.41) is 3.24. The van der Waals surface area contributed by atoms with E-state index in [2.05, 4.69) is 26.3 Å². The van der Waals surface area contributed by atoms with Crippen molar-refractivity contribution in [2.24, 2.45) is 0 Å². The van der Waals surface area contributed by atoms with Crippen molar-refractivity contribution in [3.63, 3.8) is 0 Å². The van der Waals surface area contributed by atoms with E-state index in [1.54, 1.807) is 0 Å². The van der Waals surface area contributed by atoms with Gasteiger partial charge in [0.2, 0.25) is 5.95 Å². The van der Waals surface area contributed by atoms with Crippen LogP contribution in [0.1, 0.15) is 11.3 Å². The Bertz CT molecular complexity index is 699. The number of anilines is 2. The van der Waals surface area contributed by atoms with Crippen LogP contribution in [0.4, 0.5) is 11.6 Å². The number of hydrogen-bond acceptors (Lipinski definition) is 4. The first kappa shape index (κ1) is 11.5. The van der Waals surface area contributed by atoms with E-state index in [4.69, 9.17) is 5.73 Å². The van der Waals surface area contributed by atoms with Crippen molar-refractivity contribution < 1.29 is 0 Å². The zero-order valence-electron chi connectivity index (χ0n) is 10.6. The smallest absolute Gasteiger partial charge is 0.201 e. The van der Waals surface area contributed by atoms with Crippen LogP contribution in [0, 0.1) is 6.92 Å². The van der Waals surface area contributed by atoms with Gasteiger partial charge in [-0.2, -0.15) is 0 Å². The molecule has 0 aliphatic carbocycles. The van der Waals surface area contributed by atoms with Crippen molar-refractivity contribution >= 4 is 22.7 Å². The Kier molecular flexibility index (Phi) is 2.79. The summed E-state index contributed by atoms with van der Waals surface area (Å²) in [5.41, 5.74) is 10.4. The van der Waals surface area contributed by atoms with Gasteiger partial charge >= 0.3 is 0 Å². The number of nitrogens with two attached hydrogens (primary N) is 1. The lowest BCUT2D eigenvalue weighted by Crippen LogP contribution is -2.01. The number of aromatic amines is 1. The van der Waals surface area contributed by atoms with Crippen LogP contribution in [0.25, 0.3) is 11.0 Å². The quantitative estimate of drug-likeness (QED) is 0.626. The van der Waals surface area contributed by atoms with Crippen LogP contribution in [0.5, 0.6) is 0 Å². The Morgan fingerprint density at radius 3 is 2.95 bits per heavy atom. The molecule has 2 aromatic heterocycles. The minimum atomic E-state index is 0.683. The topological polar surface area (TPSA) is 79.6 Å². The van der Waals surface area contributed by atoms with E-state index in [0.717, 1.165) is 33.9 Å². The molecule has 2 heterocycles. The fourth-order valence-electron chi connectivity index (χ4n) is 1.90. The normalized spacial score (nSPS) is 10.8. The molecular formula is C14H15N5. The molecule has 0 radical (unpaired) electrons. The predicted octanol–water partition coefficient (Wildman–Crippen LogP) is 2.46. The lowest BCUT2D eigenvalue weighted by atomic mass is 10.2. The summed E-state index contributed by atoms with van der Waals surface area (Å²) in [4.78, 5) is 11.9. The summed E-state index contributed by atoms with van der Waals surface area (Å²) >= 11 is 0. The largest absolute Gasteiger partial charge is 0.399 e. The second kappa shape index (κ2) is 4.61. The van der Waals surface area contributed by atoms with Gasteiger partial charge in [0.15, 0.2) is 0 Å². The van der Waals surface area contributed by atoms with Crippen LogP contribution >= 0.6 is 0 Å². The average molecular weight is 253 g/mol. The van der Waals surface area contributed by atoms with Crippen molar-refractivity contribution in [2.45, 2.75) is 13.5 Å². The highest BCUT2D eigenvalue weighted by molar-refractivity contribution is 5.80. The predicted molar refractivity (Wildman–Crippen MR) is 76.8 cm³/mol. The summed E-state index contributed by atoms with van der Waals surface area (Å²) in [5.74, 6) is 0.737. The third-order valence-electron chi connectivity index (χ3n) is 2.94. The van der Waals surface area contributed by atoms with Gasteiger partial charge in [0.25, 0.3) is 0 Å². The highest BCUT2D eigenvalue weighted by Gasteiger charge is 2.02. The van der Waals surface area contributed by atoms with Gasteiger partial charge in [0.1, 0.15) is 0 Å². The van der Waals surface area contributed by atoms with Crippen LogP contribution in [0.3, 0.4) is 0 Å². The third kappa shape index (κ3) is 2.49. The molecule has 0 saturated heterocycles. The Morgan fingerprint density at radius 2 is 2.16 bits per heavy atom. The number of aromatic nitrogens is 3. The molecule has 0 atom stereocenters. The van der Waals surface area contributed by atoms with E-state index >= 15 is 0 Å². The van der Waals surface area contributed by atoms with Gasteiger partial charge in [-0.05, 0) is 36.8 Å². The number of nitrogens with one attached hydrogen (secondary N) is 2. The molecule has 0 bridgehead atoms. The number of benzene rings is 1. The second-order valence-electron chi connectivity index (χ2n) is 4.52. The Morgan fingerprint density at radius 1 is 1.26 bits per heavy atom. The first-order valence-electron chi connectivity index (χ1n) is 6.11. The molecule has 1 aromatic carbocycles. The van der Waals surface area contributed by atoms with Crippen molar-refractivity contribution in [1.82, 2.24) is 15.0 Å². The Labute approximate surface area is 110 Å². The number of nitrogens with zero attached hydrogens (tertiary/aromatic N) is 2. The van der Waals surface area contributed by atoms with Crippen molar-refractivity contribution in [3.05, 3.63) is 47.8 Å². The number of rotatable bonds is 3. The van der Waals surface area contributed by atoms with Gasteiger partial charge in [0.05, 0.1) is 11.0 Å². The molecule has 0 unspecified atom stereocenters. The molecule has 0 fully saturated rings. The molecule has 0 spiro atoms. The van der Waals surface area contributed by atoms with Crippen LogP contribution in [0.15, 0.2) is 36.5 Å². The summed E-state index contributed by atoms with van der Waals surface area (Å²) < 4.78 is 0. The molecule has 3 aromatic rings. The van der Waals surface area contributed by atoms with Gasteiger partial charge in [-0.15, -0.1) is 0 Å². The van der Waals surface area contributed by atoms with Crippen LogP contribution in [0.2, 0.25) is 0 Å².